The molecule has 0 N–H and O–H groups in total. The Bertz CT molecular complexity index is 1060. The molecule has 2 atom stereocenters. The number of carbonyl (C=O) groups is 1. The molecular formula is C25H25N3O3. The van der Waals surface area contributed by atoms with Crippen molar-refractivity contribution in [2.24, 2.45) is 0 Å². The normalized spacial score (nSPS) is 20.5. The summed E-state index contributed by atoms with van der Waals surface area (Å²) in [5.74, 6) is 1.69. The van der Waals surface area contributed by atoms with E-state index in [1.54, 1.807) is 13.3 Å². The number of para-hydroxylation sites is 2. The van der Waals surface area contributed by atoms with Crippen LogP contribution in [0.4, 0.5) is 5.69 Å². The Labute approximate surface area is 182 Å². The fraction of sp³-hybridized carbons (Fsp3) is 0.280. The van der Waals surface area contributed by atoms with Crippen molar-refractivity contribution >= 4 is 11.6 Å². The molecule has 6 nitrogen and oxygen atoms in total. The van der Waals surface area contributed by atoms with Gasteiger partial charge in [0.15, 0.2) is 0 Å². The van der Waals surface area contributed by atoms with Crippen molar-refractivity contribution in [2.75, 3.05) is 18.6 Å². The predicted molar refractivity (Wildman–Crippen MR) is 118 cm³/mol. The van der Waals surface area contributed by atoms with Crippen LogP contribution < -0.4 is 14.4 Å². The van der Waals surface area contributed by atoms with Crippen LogP contribution in [0.5, 0.6) is 11.5 Å². The Balaban J connectivity index is 1.45. The molecule has 0 spiro atoms. The minimum Gasteiger partial charge on any atom is -0.497 e. The van der Waals surface area contributed by atoms with Crippen molar-refractivity contribution in [1.82, 2.24) is 9.88 Å². The standard InChI is InChI=1S/C25H25N3O3/c1-30-20-10-8-18(9-11-20)15-27-17-21-13-23(27)25(29)28(16-19-5-4-12-26-14-19)22-6-2-3-7-24(22)31-21/h2-12,14,21,23H,13,15-17H2,1H3. The summed E-state index contributed by atoms with van der Waals surface area (Å²) < 4.78 is 11.6. The molecule has 1 fully saturated rings. The predicted octanol–water partition coefficient (Wildman–Crippen LogP) is 3.66. The number of ether oxygens (including phenoxy) is 2. The van der Waals surface area contributed by atoms with Crippen molar-refractivity contribution in [3.63, 3.8) is 0 Å². The number of nitrogens with zero attached hydrogens (tertiary/aromatic N) is 3. The number of pyridine rings is 1. The minimum atomic E-state index is -0.225. The van der Waals surface area contributed by atoms with Gasteiger partial charge in [-0.2, -0.15) is 0 Å². The molecule has 0 saturated carbocycles. The summed E-state index contributed by atoms with van der Waals surface area (Å²) in [5.41, 5.74) is 2.95. The van der Waals surface area contributed by atoms with Crippen LogP contribution in [0.1, 0.15) is 17.5 Å². The number of fused-ring (bicyclic) bond motifs is 3. The maximum Gasteiger partial charge on any atom is 0.244 e. The highest BCUT2D eigenvalue weighted by molar-refractivity contribution is 5.99. The summed E-state index contributed by atoms with van der Waals surface area (Å²) in [4.78, 5) is 22.1. The van der Waals surface area contributed by atoms with Crippen molar-refractivity contribution in [3.05, 3.63) is 84.2 Å². The smallest absolute Gasteiger partial charge is 0.244 e. The van der Waals surface area contributed by atoms with Crippen LogP contribution in [0.3, 0.4) is 0 Å². The van der Waals surface area contributed by atoms with E-state index < -0.39 is 0 Å². The Morgan fingerprint density at radius 1 is 1.03 bits per heavy atom. The first-order valence-corrected chi connectivity index (χ1v) is 10.5. The number of hydrogen-bond donors (Lipinski definition) is 0. The lowest BCUT2D eigenvalue weighted by molar-refractivity contribution is -0.123. The van der Waals surface area contributed by atoms with Crippen LogP contribution in [-0.4, -0.2) is 41.6 Å². The summed E-state index contributed by atoms with van der Waals surface area (Å²) in [7, 11) is 1.66. The molecule has 6 heteroatoms. The van der Waals surface area contributed by atoms with E-state index in [0.29, 0.717) is 19.5 Å². The van der Waals surface area contributed by atoms with Gasteiger partial charge in [-0.3, -0.25) is 14.7 Å². The van der Waals surface area contributed by atoms with E-state index in [2.05, 4.69) is 22.0 Å². The van der Waals surface area contributed by atoms with Gasteiger partial charge in [-0.15, -0.1) is 0 Å². The van der Waals surface area contributed by atoms with E-state index in [1.807, 2.05) is 59.6 Å². The number of rotatable bonds is 5. The molecule has 158 valence electrons. The molecule has 2 aromatic carbocycles. The number of aromatic nitrogens is 1. The lowest BCUT2D eigenvalue weighted by atomic mass is 10.1. The second-order valence-corrected chi connectivity index (χ2v) is 8.02. The van der Waals surface area contributed by atoms with Gasteiger partial charge in [0.05, 0.1) is 25.4 Å². The average molecular weight is 415 g/mol. The first kappa shape index (κ1) is 19.6. The lowest BCUT2D eigenvalue weighted by Crippen LogP contribution is -2.45. The van der Waals surface area contributed by atoms with Gasteiger partial charge < -0.3 is 14.4 Å². The van der Waals surface area contributed by atoms with Crippen molar-refractivity contribution < 1.29 is 14.3 Å². The maximum absolute atomic E-state index is 13.8. The Morgan fingerprint density at radius 3 is 2.65 bits per heavy atom. The Kier molecular flexibility index (Phi) is 5.30. The minimum absolute atomic E-state index is 0.00566. The van der Waals surface area contributed by atoms with Gasteiger partial charge in [-0.1, -0.05) is 30.3 Å². The van der Waals surface area contributed by atoms with Gasteiger partial charge >= 0.3 is 0 Å². The number of methoxy groups -OCH3 is 1. The molecule has 1 aromatic heterocycles. The number of hydrogen-bond acceptors (Lipinski definition) is 5. The number of carbonyl (C=O) groups excluding carboxylic acids is 1. The average Bonchev–Trinajstić information content (AvgIpc) is 3.21. The zero-order valence-corrected chi connectivity index (χ0v) is 17.5. The van der Waals surface area contributed by atoms with Gasteiger partial charge in [0.2, 0.25) is 5.91 Å². The first-order chi connectivity index (χ1) is 15.2. The van der Waals surface area contributed by atoms with E-state index in [1.165, 1.54) is 0 Å². The fourth-order valence-corrected chi connectivity index (χ4v) is 4.44. The quantitative estimate of drug-likeness (QED) is 0.637. The number of amides is 1. The first-order valence-electron chi connectivity index (χ1n) is 10.5. The van der Waals surface area contributed by atoms with E-state index in [9.17, 15) is 4.79 Å². The van der Waals surface area contributed by atoms with Gasteiger partial charge in [-0.05, 0) is 41.5 Å². The second-order valence-electron chi connectivity index (χ2n) is 8.02. The van der Waals surface area contributed by atoms with Crippen molar-refractivity contribution in [1.29, 1.82) is 0 Å². The topological polar surface area (TPSA) is 54.9 Å². The third-order valence-electron chi connectivity index (χ3n) is 5.97. The van der Waals surface area contributed by atoms with Gasteiger partial charge in [-0.25, -0.2) is 0 Å². The SMILES string of the molecule is COc1ccc(CN2CC3CC2C(=O)N(Cc2cccnc2)c2ccccc2O3)cc1. The molecule has 0 radical (unpaired) electrons. The van der Waals surface area contributed by atoms with Crippen LogP contribution in [0, 0.1) is 0 Å². The number of benzene rings is 2. The molecule has 31 heavy (non-hydrogen) atoms. The van der Waals surface area contributed by atoms with Crippen LogP contribution in [-0.2, 0) is 17.9 Å². The lowest BCUT2D eigenvalue weighted by Gasteiger charge is -2.32. The van der Waals surface area contributed by atoms with Gasteiger partial charge in [0.1, 0.15) is 17.6 Å². The zero-order valence-electron chi connectivity index (χ0n) is 17.5. The largest absolute Gasteiger partial charge is 0.497 e. The number of likely N-dealkylation sites (tertiary alicyclic amines) is 1. The van der Waals surface area contributed by atoms with Gasteiger partial charge in [0.25, 0.3) is 0 Å². The Morgan fingerprint density at radius 2 is 1.87 bits per heavy atom. The molecule has 2 aliphatic rings. The summed E-state index contributed by atoms with van der Waals surface area (Å²) >= 11 is 0. The molecule has 1 saturated heterocycles. The van der Waals surface area contributed by atoms with Crippen LogP contribution in [0.15, 0.2) is 73.1 Å². The molecular weight excluding hydrogens is 390 g/mol. The summed E-state index contributed by atoms with van der Waals surface area (Å²) in [6.07, 6.45) is 4.23. The molecule has 3 heterocycles. The monoisotopic (exact) mass is 415 g/mol. The second kappa shape index (κ2) is 8.40. The van der Waals surface area contributed by atoms with Gasteiger partial charge in [0, 0.05) is 31.9 Å². The fourth-order valence-electron chi connectivity index (χ4n) is 4.44. The van der Waals surface area contributed by atoms with Crippen LogP contribution >= 0.6 is 0 Å². The maximum atomic E-state index is 13.8. The van der Waals surface area contributed by atoms with E-state index in [4.69, 9.17) is 9.47 Å². The molecule has 2 bridgehead atoms. The van der Waals surface area contributed by atoms with Crippen LogP contribution in [0.25, 0.3) is 0 Å². The third-order valence-corrected chi connectivity index (χ3v) is 5.97. The summed E-state index contributed by atoms with van der Waals surface area (Å²) in [5, 5.41) is 0. The molecule has 0 aliphatic carbocycles. The van der Waals surface area contributed by atoms with Crippen molar-refractivity contribution in [2.45, 2.75) is 31.7 Å². The summed E-state index contributed by atoms with van der Waals surface area (Å²) in [6, 6.07) is 19.5. The molecule has 2 unspecified atom stereocenters. The number of anilines is 1. The highest BCUT2D eigenvalue weighted by atomic mass is 16.5. The van der Waals surface area contributed by atoms with E-state index in [0.717, 1.165) is 34.9 Å². The highest BCUT2D eigenvalue weighted by Gasteiger charge is 2.42. The van der Waals surface area contributed by atoms with E-state index >= 15 is 0 Å². The van der Waals surface area contributed by atoms with E-state index in [-0.39, 0.29) is 18.1 Å². The third kappa shape index (κ3) is 3.99. The molecule has 3 aromatic rings. The highest BCUT2D eigenvalue weighted by Crippen LogP contribution is 2.37. The van der Waals surface area contributed by atoms with Crippen molar-refractivity contribution in [3.8, 4) is 11.5 Å². The molecule has 1 amide bonds. The zero-order chi connectivity index (χ0) is 21.2. The summed E-state index contributed by atoms with van der Waals surface area (Å²) in [6.45, 7) is 1.87. The molecule has 2 aliphatic heterocycles. The van der Waals surface area contributed by atoms with Crippen LogP contribution in [0.2, 0.25) is 0 Å². The Hall–Kier alpha value is -3.38. The molecule has 5 rings (SSSR count).